The molecule has 0 aromatic heterocycles. The van der Waals surface area contributed by atoms with Crippen LogP contribution in [0.5, 0.6) is 0 Å². The van der Waals surface area contributed by atoms with Gasteiger partial charge in [-0.25, -0.2) is 0 Å². The van der Waals surface area contributed by atoms with E-state index in [1.165, 1.54) is 31.3 Å². The number of rotatable bonds is 2. The molecular formula is C15H26O. The van der Waals surface area contributed by atoms with Gasteiger partial charge in [0.1, 0.15) is 0 Å². The van der Waals surface area contributed by atoms with Gasteiger partial charge in [0.15, 0.2) is 0 Å². The molecule has 0 spiro atoms. The average Bonchev–Trinajstić information content (AvgIpc) is 2.15. The van der Waals surface area contributed by atoms with E-state index in [2.05, 4.69) is 34.3 Å². The molecule has 0 aromatic rings. The zero-order chi connectivity index (χ0) is 12.0. The molecule has 0 saturated heterocycles. The fourth-order valence-corrected chi connectivity index (χ4v) is 4.00. The van der Waals surface area contributed by atoms with E-state index in [1.807, 2.05) is 0 Å². The Kier molecular flexibility index (Phi) is 2.94. The van der Waals surface area contributed by atoms with Gasteiger partial charge in [0, 0.05) is 12.5 Å². The minimum Gasteiger partial charge on any atom is -0.375 e. The first-order valence-corrected chi connectivity index (χ1v) is 6.73. The lowest BCUT2D eigenvalue weighted by molar-refractivity contribution is -0.105. The molecule has 1 heteroatoms. The summed E-state index contributed by atoms with van der Waals surface area (Å²) in [6.45, 7) is 14.4. The van der Waals surface area contributed by atoms with E-state index < -0.39 is 0 Å². The predicted octanol–water partition coefficient (Wildman–Crippen LogP) is 4.18. The molecule has 0 aromatic carbocycles. The molecule has 0 unspecified atom stereocenters. The summed E-state index contributed by atoms with van der Waals surface area (Å²) in [6, 6.07) is 0. The Balaban J connectivity index is 2.23. The van der Waals surface area contributed by atoms with Crippen molar-refractivity contribution in [2.75, 3.05) is 6.61 Å². The van der Waals surface area contributed by atoms with Gasteiger partial charge in [-0.1, -0.05) is 26.0 Å². The molecule has 0 N–H and O–H groups in total. The molecule has 16 heavy (non-hydrogen) atoms. The van der Waals surface area contributed by atoms with Crippen LogP contribution in [0.3, 0.4) is 0 Å². The first kappa shape index (κ1) is 12.2. The van der Waals surface area contributed by atoms with E-state index in [9.17, 15) is 0 Å². The van der Waals surface area contributed by atoms with Crippen LogP contribution in [-0.4, -0.2) is 12.2 Å². The molecule has 0 heterocycles. The Labute approximate surface area is 100 Å². The Bertz CT molecular complexity index is 292. The van der Waals surface area contributed by atoms with Crippen molar-refractivity contribution in [2.45, 2.75) is 59.0 Å². The van der Waals surface area contributed by atoms with Gasteiger partial charge in [-0.3, -0.25) is 0 Å². The zero-order valence-corrected chi connectivity index (χ0v) is 11.3. The molecule has 92 valence electrons. The molecule has 2 saturated carbocycles. The van der Waals surface area contributed by atoms with Crippen LogP contribution in [0.2, 0.25) is 0 Å². The summed E-state index contributed by atoms with van der Waals surface area (Å²) < 4.78 is 6.03. The predicted molar refractivity (Wildman–Crippen MR) is 68.4 cm³/mol. The fraction of sp³-hybridized carbons (Fsp3) is 0.867. The molecular weight excluding hydrogens is 196 g/mol. The molecule has 2 bridgehead atoms. The molecule has 0 radical (unpaired) electrons. The summed E-state index contributed by atoms with van der Waals surface area (Å²) in [4.78, 5) is 0. The second-order valence-corrected chi connectivity index (χ2v) is 6.49. The Morgan fingerprint density at radius 3 is 2.44 bits per heavy atom. The van der Waals surface area contributed by atoms with E-state index >= 15 is 0 Å². The third kappa shape index (κ3) is 1.73. The molecule has 2 aliphatic carbocycles. The maximum absolute atomic E-state index is 6.03. The summed E-state index contributed by atoms with van der Waals surface area (Å²) >= 11 is 0. The summed E-state index contributed by atoms with van der Waals surface area (Å²) in [5.74, 6) is 1.32. The highest BCUT2D eigenvalue weighted by molar-refractivity contribution is 5.21. The minimum atomic E-state index is 0.0683. The second-order valence-electron chi connectivity index (χ2n) is 6.49. The Morgan fingerprint density at radius 2 is 1.81 bits per heavy atom. The topological polar surface area (TPSA) is 9.23 Å². The van der Waals surface area contributed by atoms with Crippen molar-refractivity contribution in [3.8, 4) is 0 Å². The van der Waals surface area contributed by atoms with Crippen molar-refractivity contribution in [1.29, 1.82) is 0 Å². The standard InChI is InChI=1S/C15H26O/c1-6-16-15(5)10-8-12-11(2)13(15)7-9-14(12,3)4/h12-13H,2,6-10H2,1,3-5H3/t12-,13-,15+/m0/s1. The van der Waals surface area contributed by atoms with E-state index in [4.69, 9.17) is 4.74 Å². The molecule has 0 aliphatic heterocycles. The Hall–Kier alpha value is -0.300. The van der Waals surface area contributed by atoms with Crippen molar-refractivity contribution in [2.24, 2.45) is 17.3 Å². The van der Waals surface area contributed by atoms with Crippen LogP contribution in [0.15, 0.2) is 12.2 Å². The minimum absolute atomic E-state index is 0.0683. The fourth-order valence-electron chi connectivity index (χ4n) is 4.00. The van der Waals surface area contributed by atoms with E-state index in [0.29, 0.717) is 11.3 Å². The molecule has 0 amide bonds. The Morgan fingerprint density at radius 1 is 1.19 bits per heavy atom. The zero-order valence-electron chi connectivity index (χ0n) is 11.3. The van der Waals surface area contributed by atoms with Crippen molar-refractivity contribution in [1.82, 2.24) is 0 Å². The van der Waals surface area contributed by atoms with Crippen molar-refractivity contribution in [3.05, 3.63) is 12.2 Å². The quantitative estimate of drug-likeness (QED) is 0.637. The molecule has 3 atom stereocenters. The number of ether oxygens (including phenoxy) is 1. The molecule has 2 fully saturated rings. The van der Waals surface area contributed by atoms with Gasteiger partial charge in [-0.05, 0) is 50.9 Å². The largest absolute Gasteiger partial charge is 0.375 e. The third-order valence-corrected chi connectivity index (χ3v) is 5.06. The van der Waals surface area contributed by atoms with Gasteiger partial charge in [-0.15, -0.1) is 0 Å². The number of fused-ring (bicyclic) bond motifs is 2. The highest BCUT2D eigenvalue weighted by Crippen LogP contribution is 2.56. The monoisotopic (exact) mass is 222 g/mol. The maximum Gasteiger partial charge on any atom is 0.0719 e. The van der Waals surface area contributed by atoms with Crippen LogP contribution in [0, 0.1) is 17.3 Å². The van der Waals surface area contributed by atoms with Crippen molar-refractivity contribution in [3.63, 3.8) is 0 Å². The molecule has 2 aliphatic rings. The van der Waals surface area contributed by atoms with Crippen LogP contribution in [-0.2, 0) is 4.74 Å². The average molecular weight is 222 g/mol. The molecule has 1 nitrogen and oxygen atoms in total. The van der Waals surface area contributed by atoms with Crippen LogP contribution in [0.25, 0.3) is 0 Å². The summed E-state index contributed by atoms with van der Waals surface area (Å²) in [6.07, 6.45) is 5.06. The van der Waals surface area contributed by atoms with Gasteiger partial charge in [0.2, 0.25) is 0 Å². The SMILES string of the molecule is C=C1[C@@H]2CC[C@@](C)(OCC)[C@H]1CCC2(C)C. The van der Waals surface area contributed by atoms with Gasteiger partial charge in [0.05, 0.1) is 5.60 Å². The summed E-state index contributed by atoms with van der Waals surface area (Å²) in [5.41, 5.74) is 2.00. The van der Waals surface area contributed by atoms with Crippen LogP contribution in [0.4, 0.5) is 0 Å². The normalized spacial score (nSPS) is 42.1. The highest BCUT2D eigenvalue weighted by Gasteiger charge is 2.50. The number of hydrogen-bond donors (Lipinski definition) is 0. The lowest BCUT2D eigenvalue weighted by atomic mass is 9.54. The van der Waals surface area contributed by atoms with Crippen LogP contribution in [0.1, 0.15) is 53.4 Å². The lowest BCUT2D eigenvalue weighted by Crippen LogP contribution is -2.50. The lowest BCUT2D eigenvalue weighted by Gasteiger charge is -2.54. The summed E-state index contributed by atoms with van der Waals surface area (Å²) in [7, 11) is 0. The van der Waals surface area contributed by atoms with E-state index in [0.717, 1.165) is 12.5 Å². The van der Waals surface area contributed by atoms with Gasteiger partial charge >= 0.3 is 0 Å². The van der Waals surface area contributed by atoms with Gasteiger partial charge in [-0.2, -0.15) is 0 Å². The van der Waals surface area contributed by atoms with Gasteiger partial charge < -0.3 is 4.74 Å². The van der Waals surface area contributed by atoms with E-state index in [1.54, 1.807) is 0 Å². The second kappa shape index (κ2) is 3.87. The van der Waals surface area contributed by atoms with Crippen molar-refractivity contribution >= 4 is 0 Å². The number of hydrogen-bond acceptors (Lipinski definition) is 1. The summed E-state index contributed by atoms with van der Waals surface area (Å²) in [5, 5.41) is 0. The molecule has 2 rings (SSSR count). The third-order valence-electron chi connectivity index (χ3n) is 5.06. The first-order valence-electron chi connectivity index (χ1n) is 6.73. The smallest absolute Gasteiger partial charge is 0.0719 e. The van der Waals surface area contributed by atoms with Crippen molar-refractivity contribution < 1.29 is 4.74 Å². The van der Waals surface area contributed by atoms with E-state index in [-0.39, 0.29) is 5.60 Å². The van der Waals surface area contributed by atoms with Crippen LogP contribution >= 0.6 is 0 Å². The van der Waals surface area contributed by atoms with Gasteiger partial charge in [0.25, 0.3) is 0 Å². The first-order chi connectivity index (χ1) is 7.41. The van der Waals surface area contributed by atoms with Crippen LogP contribution < -0.4 is 0 Å². The maximum atomic E-state index is 6.03. The highest BCUT2D eigenvalue weighted by atomic mass is 16.5.